The van der Waals surface area contributed by atoms with Gasteiger partial charge in [0.2, 0.25) is 11.1 Å². The number of rotatable bonds is 5. The fourth-order valence-corrected chi connectivity index (χ4v) is 1.82. The first-order valence-electron chi connectivity index (χ1n) is 5.29. The summed E-state index contributed by atoms with van der Waals surface area (Å²) in [6, 6.07) is 2.06. The normalized spacial score (nSPS) is 10.1. The lowest BCUT2D eigenvalue weighted by molar-refractivity contribution is 0.373. The zero-order valence-electron chi connectivity index (χ0n) is 9.99. The molecule has 0 atom stereocenters. The smallest absolute Gasteiger partial charge is 0.321 e. The summed E-state index contributed by atoms with van der Waals surface area (Å²) in [5.41, 5.74) is 0. The third-order valence-electron chi connectivity index (χ3n) is 1.86. The average molecular weight is 264 g/mol. The fourth-order valence-electron chi connectivity index (χ4n) is 1.14. The predicted octanol–water partition coefficient (Wildman–Crippen LogP) is 1.25. The number of nitrogens with zero attached hydrogens (tertiary/aromatic N) is 5. The Morgan fingerprint density at radius 3 is 2.89 bits per heavy atom. The quantitative estimate of drug-likeness (QED) is 0.808. The topological polar surface area (TPSA) is 85.7 Å². The Labute approximate surface area is 108 Å². The molecule has 94 valence electrons. The molecule has 0 fully saturated rings. The summed E-state index contributed by atoms with van der Waals surface area (Å²) in [6.45, 7) is 2.69. The lowest BCUT2D eigenvalue weighted by Gasteiger charge is -2.05. The minimum atomic E-state index is 0.275. The van der Waals surface area contributed by atoms with E-state index in [9.17, 15) is 0 Å². The van der Waals surface area contributed by atoms with Crippen molar-refractivity contribution in [2.45, 2.75) is 17.1 Å². The lowest BCUT2D eigenvalue weighted by atomic mass is 10.7. The molecule has 0 saturated heterocycles. The fraction of sp³-hybridized carbons (Fsp3) is 0.300. The van der Waals surface area contributed by atoms with Crippen LogP contribution in [0.1, 0.15) is 6.92 Å². The van der Waals surface area contributed by atoms with E-state index in [1.165, 1.54) is 25.2 Å². The van der Waals surface area contributed by atoms with Gasteiger partial charge in [-0.3, -0.25) is 0 Å². The Hall–Kier alpha value is -1.96. The Bertz CT molecular complexity index is 509. The van der Waals surface area contributed by atoms with Gasteiger partial charge < -0.3 is 10.1 Å². The molecule has 0 aromatic carbocycles. The molecule has 0 spiro atoms. The van der Waals surface area contributed by atoms with Gasteiger partial charge in [-0.25, -0.2) is 9.97 Å². The van der Waals surface area contributed by atoms with Crippen molar-refractivity contribution in [3.63, 3.8) is 0 Å². The second-order valence-corrected chi connectivity index (χ2v) is 4.10. The summed E-state index contributed by atoms with van der Waals surface area (Å²) in [5.74, 6) is 0.487. The van der Waals surface area contributed by atoms with Gasteiger partial charge in [0.1, 0.15) is 11.4 Å². The van der Waals surface area contributed by atoms with E-state index in [-0.39, 0.29) is 6.01 Å². The van der Waals surface area contributed by atoms with E-state index in [2.05, 4.69) is 30.2 Å². The summed E-state index contributed by atoms with van der Waals surface area (Å²) in [4.78, 5) is 20.4. The van der Waals surface area contributed by atoms with Crippen molar-refractivity contribution in [1.29, 1.82) is 0 Å². The van der Waals surface area contributed by atoms with Gasteiger partial charge in [0.15, 0.2) is 0 Å². The summed E-state index contributed by atoms with van der Waals surface area (Å²) >= 11 is 1.32. The highest BCUT2D eigenvalue weighted by atomic mass is 32.2. The van der Waals surface area contributed by atoms with Gasteiger partial charge in [-0.1, -0.05) is 0 Å². The van der Waals surface area contributed by atoms with Crippen molar-refractivity contribution in [2.75, 3.05) is 19.0 Å². The monoisotopic (exact) mass is 264 g/mol. The summed E-state index contributed by atoms with van der Waals surface area (Å²) < 4.78 is 5.03. The number of hydrogen-bond acceptors (Lipinski definition) is 8. The zero-order valence-corrected chi connectivity index (χ0v) is 10.8. The summed E-state index contributed by atoms with van der Waals surface area (Å²) in [5, 5.41) is 4.31. The Morgan fingerprint density at radius 2 is 2.22 bits per heavy atom. The third-order valence-corrected chi connectivity index (χ3v) is 2.68. The van der Waals surface area contributed by atoms with Crippen LogP contribution in [0.4, 0.5) is 5.95 Å². The highest BCUT2D eigenvalue weighted by molar-refractivity contribution is 7.99. The van der Waals surface area contributed by atoms with Crippen molar-refractivity contribution in [2.24, 2.45) is 0 Å². The van der Waals surface area contributed by atoms with Crippen molar-refractivity contribution in [1.82, 2.24) is 24.9 Å². The molecular weight excluding hydrogens is 252 g/mol. The number of nitrogens with one attached hydrogen (secondary N) is 1. The summed E-state index contributed by atoms with van der Waals surface area (Å²) in [6.07, 6.45) is 3.14. The number of methoxy groups -OCH3 is 1. The lowest BCUT2D eigenvalue weighted by Crippen LogP contribution is -2.05. The van der Waals surface area contributed by atoms with E-state index in [1.54, 1.807) is 12.3 Å². The molecule has 0 amide bonds. The van der Waals surface area contributed by atoms with Crippen molar-refractivity contribution in [3.8, 4) is 6.01 Å². The van der Waals surface area contributed by atoms with Crippen molar-refractivity contribution in [3.05, 3.63) is 18.6 Å². The van der Waals surface area contributed by atoms with Gasteiger partial charge in [-0.2, -0.15) is 15.0 Å². The van der Waals surface area contributed by atoms with E-state index < -0.39 is 0 Å². The molecule has 0 aliphatic carbocycles. The maximum Gasteiger partial charge on any atom is 0.321 e. The zero-order chi connectivity index (χ0) is 12.8. The van der Waals surface area contributed by atoms with Crippen LogP contribution in [0.5, 0.6) is 6.01 Å². The number of aromatic nitrogens is 5. The molecule has 7 nitrogen and oxygen atoms in total. The van der Waals surface area contributed by atoms with Crippen LogP contribution in [-0.2, 0) is 0 Å². The summed E-state index contributed by atoms with van der Waals surface area (Å²) in [7, 11) is 1.52. The predicted molar refractivity (Wildman–Crippen MR) is 66.7 cm³/mol. The Kier molecular flexibility index (Phi) is 4.24. The first kappa shape index (κ1) is 12.5. The minimum absolute atomic E-state index is 0.275. The first-order valence-corrected chi connectivity index (χ1v) is 6.11. The molecule has 0 aliphatic heterocycles. The van der Waals surface area contributed by atoms with Crippen LogP contribution in [0.25, 0.3) is 0 Å². The van der Waals surface area contributed by atoms with E-state index in [1.807, 2.05) is 6.92 Å². The Morgan fingerprint density at radius 1 is 1.33 bits per heavy atom. The molecule has 2 heterocycles. The largest absolute Gasteiger partial charge is 0.467 e. The maximum absolute atomic E-state index is 5.03. The molecule has 0 aliphatic rings. The maximum atomic E-state index is 5.03. The van der Waals surface area contributed by atoms with E-state index in [0.29, 0.717) is 11.1 Å². The van der Waals surface area contributed by atoms with Crippen LogP contribution in [-0.4, -0.2) is 38.6 Å². The number of ether oxygens (including phenoxy) is 1. The molecule has 8 heteroatoms. The molecule has 0 bridgehead atoms. The second-order valence-electron chi connectivity index (χ2n) is 3.11. The minimum Gasteiger partial charge on any atom is -0.467 e. The van der Waals surface area contributed by atoms with Crippen molar-refractivity contribution >= 4 is 17.7 Å². The standard InChI is InChI=1S/C10H12N6OS/c1-3-12-8-14-9(17-2)16-10(15-8)18-7-4-5-11-6-13-7/h4-6H,3H2,1-2H3,(H,12,14,15,16). The molecular formula is C10H12N6OS. The second kappa shape index (κ2) is 6.10. The number of anilines is 1. The highest BCUT2D eigenvalue weighted by Crippen LogP contribution is 2.23. The van der Waals surface area contributed by atoms with E-state index >= 15 is 0 Å². The molecule has 0 saturated carbocycles. The van der Waals surface area contributed by atoms with Gasteiger partial charge in [0.25, 0.3) is 0 Å². The van der Waals surface area contributed by atoms with Crippen LogP contribution < -0.4 is 10.1 Å². The third kappa shape index (κ3) is 3.27. The average Bonchev–Trinajstić information content (AvgIpc) is 2.40. The van der Waals surface area contributed by atoms with Crippen LogP contribution >= 0.6 is 11.8 Å². The highest BCUT2D eigenvalue weighted by Gasteiger charge is 2.08. The van der Waals surface area contributed by atoms with Gasteiger partial charge in [0.05, 0.1) is 7.11 Å². The number of hydrogen-bond donors (Lipinski definition) is 1. The van der Waals surface area contributed by atoms with E-state index in [0.717, 1.165) is 11.6 Å². The Balaban J connectivity index is 2.24. The molecule has 2 aromatic heterocycles. The SMILES string of the molecule is CCNc1nc(OC)nc(Sc2ccncn2)n1. The van der Waals surface area contributed by atoms with Crippen LogP contribution in [0.2, 0.25) is 0 Å². The van der Waals surface area contributed by atoms with Crippen LogP contribution in [0, 0.1) is 0 Å². The molecule has 2 aromatic rings. The van der Waals surface area contributed by atoms with Crippen LogP contribution in [0.15, 0.2) is 28.8 Å². The first-order chi connectivity index (χ1) is 8.81. The molecule has 0 unspecified atom stereocenters. The molecule has 1 N–H and O–H groups in total. The molecule has 2 rings (SSSR count). The van der Waals surface area contributed by atoms with Crippen molar-refractivity contribution < 1.29 is 4.74 Å². The van der Waals surface area contributed by atoms with Gasteiger partial charge in [-0.15, -0.1) is 0 Å². The van der Waals surface area contributed by atoms with E-state index in [4.69, 9.17) is 4.74 Å². The van der Waals surface area contributed by atoms with Gasteiger partial charge in [-0.05, 0) is 24.8 Å². The van der Waals surface area contributed by atoms with Crippen LogP contribution in [0.3, 0.4) is 0 Å². The van der Waals surface area contributed by atoms with Gasteiger partial charge >= 0.3 is 6.01 Å². The molecule has 18 heavy (non-hydrogen) atoms. The molecule has 0 radical (unpaired) electrons. The van der Waals surface area contributed by atoms with Gasteiger partial charge in [0, 0.05) is 12.7 Å².